The van der Waals surface area contributed by atoms with E-state index in [0.29, 0.717) is 0 Å². The fourth-order valence-corrected chi connectivity index (χ4v) is 0.849. The Bertz CT molecular complexity index is 74.4. The summed E-state index contributed by atoms with van der Waals surface area (Å²) in [5, 5.41) is 4.82. The first-order chi connectivity index (χ1) is 4.38. The summed E-state index contributed by atoms with van der Waals surface area (Å²) in [7, 11) is 0. The summed E-state index contributed by atoms with van der Waals surface area (Å²) in [6, 6.07) is 0. The largest absolute Gasteiger partial charge is 0.286 e. The van der Waals surface area contributed by atoms with E-state index >= 15 is 0 Å². The Hall–Kier alpha value is -0.240. The molecule has 0 amide bonds. The van der Waals surface area contributed by atoms with Gasteiger partial charge in [-0.05, 0) is 0 Å². The maximum Gasteiger partial charge on any atom is 0.140 e. The van der Waals surface area contributed by atoms with E-state index in [0.717, 1.165) is 13.1 Å². The minimum absolute atomic E-state index is 0.0463. The van der Waals surface area contributed by atoms with Crippen molar-refractivity contribution in [2.24, 2.45) is 11.7 Å². The average Bonchev–Trinajstić information content (AvgIpc) is 2.33. The molecule has 0 radical (unpaired) electrons. The average molecular weight is 132 g/mol. The molecule has 1 unspecified atom stereocenters. The predicted octanol–water partition coefficient (Wildman–Crippen LogP) is -2.98. The fourth-order valence-electron chi connectivity index (χ4n) is 0.849. The van der Waals surface area contributed by atoms with Crippen molar-refractivity contribution in [2.75, 3.05) is 13.1 Å². The van der Waals surface area contributed by atoms with Crippen LogP contribution in [0.5, 0.6) is 0 Å². The first kappa shape index (κ1) is 6.87. The highest BCUT2D eigenvalue weighted by Gasteiger charge is 2.20. The van der Waals surface area contributed by atoms with Crippen molar-refractivity contribution in [1.82, 2.24) is 21.3 Å². The molecule has 7 N–H and O–H groups in total. The van der Waals surface area contributed by atoms with E-state index < -0.39 is 0 Å². The van der Waals surface area contributed by atoms with Gasteiger partial charge in [0.25, 0.3) is 0 Å². The van der Waals surface area contributed by atoms with E-state index in [2.05, 4.69) is 16.3 Å². The predicted molar refractivity (Wildman–Crippen MR) is 33.1 cm³/mol. The lowest BCUT2D eigenvalue weighted by Crippen LogP contribution is -2.57. The van der Waals surface area contributed by atoms with E-state index in [4.69, 9.17) is 11.7 Å². The molecule has 1 heterocycles. The van der Waals surface area contributed by atoms with Crippen molar-refractivity contribution in [3.8, 4) is 0 Å². The first-order valence-electron chi connectivity index (χ1n) is 2.81. The normalized spacial score (nSPS) is 29.3. The monoisotopic (exact) mass is 132 g/mol. The lowest BCUT2D eigenvalue weighted by atomic mass is 10.7. The van der Waals surface area contributed by atoms with Crippen molar-refractivity contribution in [1.29, 1.82) is 0 Å². The number of nitrogens with zero attached hydrogens (tertiary/aromatic N) is 1. The van der Waals surface area contributed by atoms with Crippen LogP contribution in [0.4, 0.5) is 0 Å². The molecule has 1 atom stereocenters. The van der Waals surface area contributed by atoms with Gasteiger partial charge in [0.05, 0.1) is 0 Å². The zero-order valence-corrected chi connectivity index (χ0v) is 5.09. The van der Waals surface area contributed by atoms with Crippen molar-refractivity contribution >= 4 is 0 Å². The third-order valence-electron chi connectivity index (χ3n) is 1.33. The summed E-state index contributed by atoms with van der Waals surface area (Å²) in [6.07, 6.45) is -0.0463. The number of hydrogen-bond donors (Lipinski definition) is 5. The Morgan fingerprint density at radius 2 is 2.33 bits per heavy atom. The number of hydrazine groups is 3. The number of rotatable bonds is 2. The summed E-state index contributed by atoms with van der Waals surface area (Å²) in [4.78, 5) is 0. The Morgan fingerprint density at radius 3 is 2.78 bits per heavy atom. The minimum Gasteiger partial charge on any atom is -0.286 e. The Kier molecular flexibility index (Phi) is 2.34. The van der Waals surface area contributed by atoms with Crippen molar-refractivity contribution in [3.63, 3.8) is 0 Å². The van der Waals surface area contributed by atoms with Gasteiger partial charge in [-0.3, -0.25) is 17.0 Å². The maximum absolute atomic E-state index is 5.15. The van der Waals surface area contributed by atoms with Crippen LogP contribution in [0.2, 0.25) is 0 Å². The minimum atomic E-state index is -0.0463. The molecular weight excluding hydrogens is 120 g/mol. The van der Waals surface area contributed by atoms with Crippen LogP contribution >= 0.6 is 0 Å². The molecule has 1 aliphatic heterocycles. The van der Waals surface area contributed by atoms with Gasteiger partial charge in [-0.2, -0.15) is 10.5 Å². The molecule has 0 aliphatic carbocycles. The highest BCUT2D eigenvalue weighted by molar-refractivity contribution is 4.69. The van der Waals surface area contributed by atoms with Crippen LogP contribution < -0.4 is 28.0 Å². The first-order valence-corrected chi connectivity index (χ1v) is 2.81. The molecule has 0 aromatic carbocycles. The Balaban J connectivity index is 2.32. The molecule has 0 spiro atoms. The van der Waals surface area contributed by atoms with Crippen LogP contribution in [-0.2, 0) is 0 Å². The van der Waals surface area contributed by atoms with Crippen LogP contribution in [0.3, 0.4) is 0 Å². The molecule has 54 valence electrons. The molecule has 1 aliphatic rings. The van der Waals surface area contributed by atoms with E-state index in [1.807, 2.05) is 0 Å². The standard InChI is InChI=1S/C3H12N6/c4-7-3-6-1-2-9(3)8-5/h3,6-8H,1-2,4-5H2. The summed E-state index contributed by atoms with van der Waals surface area (Å²) < 4.78 is 0. The van der Waals surface area contributed by atoms with Crippen LogP contribution in [-0.4, -0.2) is 24.4 Å². The SMILES string of the molecule is NNC1NCCN1NN. The molecule has 1 fully saturated rings. The molecule has 9 heavy (non-hydrogen) atoms. The summed E-state index contributed by atoms with van der Waals surface area (Å²) in [5.74, 6) is 10.3. The molecule has 6 nitrogen and oxygen atoms in total. The smallest absolute Gasteiger partial charge is 0.140 e. The molecule has 0 aromatic rings. The van der Waals surface area contributed by atoms with Gasteiger partial charge in [0.15, 0.2) is 0 Å². The number of nitrogens with two attached hydrogens (primary N) is 2. The van der Waals surface area contributed by atoms with Gasteiger partial charge in [-0.1, -0.05) is 0 Å². The van der Waals surface area contributed by atoms with Crippen LogP contribution in [0.15, 0.2) is 0 Å². The van der Waals surface area contributed by atoms with Crippen LogP contribution in [0.25, 0.3) is 0 Å². The lowest BCUT2D eigenvalue weighted by Gasteiger charge is -2.20. The topological polar surface area (TPSA) is 91.4 Å². The highest BCUT2D eigenvalue weighted by atomic mass is 15.7. The molecule has 0 bridgehead atoms. The third kappa shape index (κ3) is 1.36. The zero-order chi connectivity index (χ0) is 6.69. The quantitative estimate of drug-likeness (QED) is 0.203. The van der Waals surface area contributed by atoms with Gasteiger partial charge < -0.3 is 0 Å². The summed E-state index contributed by atoms with van der Waals surface area (Å²) >= 11 is 0. The molecule has 1 saturated heterocycles. The van der Waals surface area contributed by atoms with Crippen molar-refractivity contribution in [2.45, 2.75) is 6.29 Å². The van der Waals surface area contributed by atoms with Gasteiger partial charge in [-0.15, -0.1) is 0 Å². The van der Waals surface area contributed by atoms with E-state index in [1.54, 1.807) is 5.01 Å². The summed E-state index contributed by atoms with van der Waals surface area (Å²) in [5.41, 5.74) is 5.03. The van der Waals surface area contributed by atoms with Gasteiger partial charge in [-0.25, -0.2) is 5.43 Å². The lowest BCUT2D eigenvalue weighted by molar-refractivity contribution is 0.137. The fraction of sp³-hybridized carbons (Fsp3) is 1.00. The third-order valence-corrected chi connectivity index (χ3v) is 1.33. The molecule has 1 rings (SSSR count). The Morgan fingerprint density at radius 1 is 1.56 bits per heavy atom. The number of nitrogens with one attached hydrogen (secondary N) is 3. The van der Waals surface area contributed by atoms with Gasteiger partial charge >= 0.3 is 0 Å². The van der Waals surface area contributed by atoms with E-state index in [-0.39, 0.29) is 6.29 Å². The molecular formula is C3H12N6. The highest BCUT2D eigenvalue weighted by Crippen LogP contribution is 1.91. The van der Waals surface area contributed by atoms with Crippen molar-refractivity contribution in [3.05, 3.63) is 0 Å². The number of hydrogen-bond acceptors (Lipinski definition) is 6. The second-order valence-electron chi connectivity index (χ2n) is 1.85. The van der Waals surface area contributed by atoms with Gasteiger partial charge in [0.1, 0.15) is 6.29 Å². The van der Waals surface area contributed by atoms with Crippen LogP contribution in [0.1, 0.15) is 0 Å². The van der Waals surface area contributed by atoms with Gasteiger partial charge in [0, 0.05) is 13.1 Å². The van der Waals surface area contributed by atoms with Crippen LogP contribution in [0, 0.1) is 0 Å². The summed E-state index contributed by atoms with van der Waals surface area (Å²) in [6.45, 7) is 1.74. The Labute approximate surface area is 53.5 Å². The van der Waals surface area contributed by atoms with E-state index in [9.17, 15) is 0 Å². The molecule has 0 aromatic heterocycles. The second-order valence-corrected chi connectivity index (χ2v) is 1.85. The molecule has 6 heteroatoms. The van der Waals surface area contributed by atoms with Gasteiger partial charge in [0.2, 0.25) is 0 Å². The van der Waals surface area contributed by atoms with Crippen molar-refractivity contribution < 1.29 is 0 Å². The van der Waals surface area contributed by atoms with E-state index in [1.165, 1.54) is 0 Å². The zero-order valence-electron chi connectivity index (χ0n) is 5.09. The second kappa shape index (κ2) is 3.06. The maximum atomic E-state index is 5.15. The molecule has 0 saturated carbocycles.